The molecule has 1 amide bonds. The summed E-state index contributed by atoms with van der Waals surface area (Å²) in [6.45, 7) is 3.24. The molecule has 1 N–H and O–H groups in total. The van der Waals surface area contributed by atoms with E-state index in [-0.39, 0.29) is 11.6 Å². The molecule has 1 atom stereocenters. The zero-order chi connectivity index (χ0) is 17.6. The lowest BCUT2D eigenvalue weighted by Gasteiger charge is -2.28. The van der Waals surface area contributed by atoms with Crippen LogP contribution in [0.25, 0.3) is 0 Å². The molecule has 132 valence electrons. The molecule has 0 aromatic heterocycles. The Hall–Kier alpha value is -2.39. The summed E-state index contributed by atoms with van der Waals surface area (Å²) in [5.41, 5.74) is 2.01. The molecule has 0 radical (unpaired) electrons. The Bertz CT molecular complexity index is 699. The summed E-state index contributed by atoms with van der Waals surface area (Å²) < 4.78 is 5.34. The molecule has 9 heteroatoms. The lowest BCUT2D eigenvalue weighted by molar-refractivity contribution is -0.305. The number of carbonyl (C=O) groups is 2. The monoisotopic (exact) mass is 361 g/mol. The van der Waals surface area contributed by atoms with E-state index in [0.717, 1.165) is 49.3 Å². The van der Waals surface area contributed by atoms with Gasteiger partial charge in [-0.15, -0.1) is 5.10 Å². The van der Waals surface area contributed by atoms with Crippen molar-refractivity contribution in [2.45, 2.75) is 11.7 Å². The molecular weight excluding hydrogens is 344 g/mol. The van der Waals surface area contributed by atoms with Crippen LogP contribution in [0.2, 0.25) is 0 Å². The third-order valence-corrected chi connectivity index (χ3v) is 4.83. The first-order chi connectivity index (χ1) is 12.1. The third-order valence-electron chi connectivity index (χ3n) is 3.75. The average molecular weight is 361 g/mol. The van der Waals surface area contributed by atoms with Gasteiger partial charge in [0.1, 0.15) is 0 Å². The number of amidine groups is 1. The minimum atomic E-state index is -1.27. The highest BCUT2D eigenvalue weighted by Crippen LogP contribution is 2.22. The van der Waals surface area contributed by atoms with Crippen molar-refractivity contribution in [2.24, 2.45) is 10.2 Å². The van der Waals surface area contributed by atoms with E-state index < -0.39 is 17.1 Å². The number of hydrogen-bond donors (Lipinski definition) is 1. The molecule has 0 bridgehead atoms. The van der Waals surface area contributed by atoms with E-state index in [4.69, 9.17) is 4.74 Å². The second-order valence-electron chi connectivity index (χ2n) is 5.51. The Kier molecular flexibility index (Phi) is 5.67. The van der Waals surface area contributed by atoms with Gasteiger partial charge in [-0.1, -0.05) is 23.9 Å². The zero-order valence-corrected chi connectivity index (χ0v) is 14.2. The summed E-state index contributed by atoms with van der Waals surface area (Å²) in [7, 11) is 0. The summed E-state index contributed by atoms with van der Waals surface area (Å²) in [5.74, 6) is -1.66. The molecule has 2 saturated heterocycles. The summed E-state index contributed by atoms with van der Waals surface area (Å²) in [4.78, 5) is 24.4. The van der Waals surface area contributed by atoms with Gasteiger partial charge in [0, 0.05) is 31.2 Å². The Labute approximate surface area is 148 Å². The van der Waals surface area contributed by atoms with Gasteiger partial charge >= 0.3 is 0 Å². The van der Waals surface area contributed by atoms with Crippen LogP contribution in [-0.4, -0.2) is 54.8 Å². The maximum absolute atomic E-state index is 11.6. The van der Waals surface area contributed by atoms with Gasteiger partial charge in [0.2, 0.25) is 5.91 Å². The van der Waals surface area contributed by atoms with Crippen LogP contribution in [0.3, 0.4) is 0 Å². The second-order valence-corrected chi connectivity index (χ2v) is 6.70. The molecule has 3 rings (SSSR count). The minimum absolute atomic E-state index is 0.289. The van der Waals surface area contributed by atoms with Crippen molar-refractivity contribution in [2.75, 3.05) is 31.2 Å². The van der Waals surface area contributed by atoms with Crippen molar-refractivity contribution >= 4 is 40.7 Å². The smallest absolute Gasteiger partial charge is 0.239 e. The number of amides is 1. The number of carboxylic acid groups (broad SMARTS) is 1. The fraction of sp³-hybridized carbons (Fsp3) is 0.375. The highest BCUT2D eigenvalue weighted by atomic mass is 32.2. The number of benzene rings is 1. The normalized spacial score (nSPS) is 22.6. The number of carboxylic acids is 1. The Balaban J connectivity index is 1.57. The zero-order valence-electron chi connectivity index (χ0n) is 13.4. The van der Waals surface area contributed by atoms with Gasteiger partial charge < -0.3 is 24.9 Å². The van der Waals surface area contributed by atoms with E-state index in [1.807, 2.05) is 24.3 Å². The number of morpholine rings is 1. The number of rotatable bonds is 5. The summed E-state index contributed by atoms with van der Waals surface area (Å²) >= 11 is 1.04. The Morgan fingerprint density at radius 2 is 2.08 bits per heavy atom. The standard InChI is InChI=1S/C16H18N4O4S/c21-14(22)9-13-15(23)18-16(25-13)19-17-10-11-1-3-12(4-2-11)20-5-7-24-8-6-20/h1-4,10,13H,5-9H2,(H,21,22)(H,18,19,23)/p-1/b17-10-/t13-/m0/s1. The topological polar surface area (TPSA) is 106 Å². The molecule has 1 aromatic carbocycles. The molecule has 2 aliphatic heterocycles. The van der Waals surface area contributed by atoms with Gasteiger partial charge in [0.05, 0.1) is 24.7 Å². The first kappa shape index (κ1) is 17.4. The van der Waals surface area contributed by atoms with Crippen molar-refractivity contribution < 1.29 is 19.4 Å². The van der Waals surface area contributed by atoms with Crippen molar-refractivity contribution in [3.05, 3.63) is 29.8 Å². The molecule has 2 aliphatic rings. The van der Waals surface area contributed by atoms with Crippen LogP contribution in [0.15, 0.2) is 34.5 Å². The molecular formula is C16H17N4O4S-. The van der Waals surface area contributed by atoms with E-state index in [1.54, 1.807) is 6.21 Å². The van der Waals surface area contributed by atoms with Crippen LogP contribution in [0, 0.1) is 0 Å². The van der Waals surface area contributed by atoms with Crippen LogP contribution < -0.4 is 15.3 Å². The quantitative estimate of drug-likeness (QED) is 0.564. The second kappa shape index (κ2) is 8.13. The number of carbonyl (C=O) groups excluding carboxylic acids is 2. The lowest BCUT2D eigenvalue weighted by atomic mass is 10.2. The number of hydrogen-bond acceptors (Lipinski definition) is 8. The van der Waals surface area contributed by atoms with Gasteiger partial charge in [-0.3, -0.25) is 4.79 Å². The van der Waals surface area contributed by atoms with Crippen LogP contribution in [0.4, 0.5) is 5.69 Å². The maximum Gasteiger partial charge on any atom is 0.239 e. The van der Waals surface area contributed by atoms with Gasteiger partial charge in [0.15, 0.2) is 5.17 Å². The van der Waals surface area contributed by atoms with E-state index in [0.29, 0.717) is 0 Å². The van der Waals surface area contributed by atoms with Gasteiger partial charge in [0.25, 0.3) is 0 Å². The number of nitrogens with zero attached hydrogens (tertiary/aromatic N) is 3. The van der Waals surface area contributed by atoms with E-state index in [2.05, 4.69) is 20.4 Å². The summed E-state index contributed by atoms with van der Waals surface area (Å²) in [5, 5.41) is 20.5. The highest BCUT2D eigenvalue weighted by molar-refractivity contribution is 8.15. The van der Waals surface area contributed by atoms with Crippen LogP contribution >= 0.6 is 11.8 Å². The molecule has 1 aromatic rings. The molecule has 0 spiro atoms. The van der Waals surface area contributed by atoms with E-state index in [9.17, 15) is 14.7 Å². The van der Waals surface area contributed by atoms with Crippen LogP contribution in [-0.2, 0) is 14.3 Å². The predicted octanol–water partition coefficient (Wildman–Crippen LogP) is -0.415. The first-order valence-corrected chi connectivity index (χ1v) is 8.71. The number of ether oxygens (including phenoxy) is 1. The third kappa shape index (κ3) is 4.80. The summed E-state index contributed by atoms with van der Waals surface area (Å²) in [6, 6.07) is 7.91. The number of nitrogens with one attached hydrogen (secondary N) is 1. The number of thioether (sulfide) groups is 1. The highest BCUT2D eigenvalue weighted by Gasteiger charge is 2.30. The van der Waals surface area contributed by atoms with E-state index in [1.165, 1.54) is 0 Å². The van der Waals surface area contributed by atoms with Gasteiger partial charge in [-0.05, 0) is 17.7 Å². The molecule has 8 nitrogen and oxygen atoms in total. The van der Waals surface area contributed by atoms with Crippen LogP contribution in [0.5, 0.6) is 0 Å². The minimum Gasteiger partial charge on any atom is -0.550 e. The largest absolute Gasteiger partial charge is 0.550 e. The summed E-state index contributed by atoms with van der Waals surface area (Å²) in [6.07, 6.45) is 1.23. The molecule has 0 saturated carbocycles. The molecule has 2 fully saturated rings. The molecule has 0 aliphatic carbocycles. The molecule has 25 heavy (non-hydrogen) atoms. The van der Waals surface area contributed by atoms with Gasteiger partial charge in [-0.25, -0.2) is 0 Å². The SMILES string of the molecule is O=C([O-])C[C@@H]1S/C(=N\N=C/c2ccc(N3CCOCC3)cc2)NC1=O. The Morgan fingerprint density at radius 1 is 1.36 bits per heavy atom. The lowest BCUT2D eigenvalue weighted by Crippen LogP contribution is -2.36. The van der Waals surface area contributed by atoms with Crippen molar-refractivity contribution in [3.63, 3.8) is 0 Å². The first-order valence-electron chi connectivity index (χ1n) is 7.83. The van der Waals surface area contributed by atoms with Gasteiger partial charge in [-0.2, -0.15) is 5.10 Å². The fourth-order valence-electron chi connectivity index (χ4n) is 2.48. The van der Waals surface area contributed by atoms with E-state index >= 15 is 0 Å². The number of aliphatic carboxylic acids is 1. The number of anilines is 1. The van der Waals surface area contributed by atoms with Crippen molar-refractivity contribution in [3.8, 4) is 0 Å². The molecule has 2 heterocycles. The predicted molar refractivity (Wildman–Crippen MR) is 93.6 cm³/mol. The molecule has 0 unspecified atom stereocenters. The average Bonchev–Trinajstić information content (AvgIpc) is 2.95. The Morgan fingerprint density at radius 3 is 2.76 bits per heavy atom. The van der Waals surface area contributed by atoms with Crippen molar-refractivity contribution in [1.29, 1.82) is 0 Å². The fourth-order valence-corrected chi connectivity index (χ4v) is 3.39. The van der Waals surface area contributed by atoms with Crippen molar-refractivity contribution in [1.82, 2.24) is 5.32 Å². The maximum atomic E-state index is 11.6. The van der Waals surface area contributed by atoms with Crippen LogP contribution in [0.1, 0.15) is 12.0 Å².